The molecule has 0 spiro atoms. The second kappa shape index (κ2) is 10.6. The normalized spacial score (nSPS) is 14.8. The monoisotopic (exact) mass is 701 g/mol. The van der Waals surface area contributed by atoms with Gasteiger partial charge in [0.1, 0.15) is 0 Å². The van der Waals surface area contributed by atoms with E-state index in [0.717, 1.165) is 0 Å². The molecule has 0 fully saturated rings. The first kappa shape index (κ1) is 31.0. The van der Waals surface area contributed by atoms with E-state index in [1.165, 1.54) is 115 Å². The van der Waals surface area contributed by atoms with Crippen molar-refractivity contribution in [3.63, 3.8) is 0 Å². The van der Waals surface area contributed by atoms with Gasteiger partial charge >= 0.3 is 0 Å². The zero-order valence-corrected chi connectivity index (χ0v) is 31.5. The third kappa shape index (κ3) is 4.03. The van der Waals surface area contributed by atoms with Gasteiger partial charge in [-0.25, -0.2) is 0 Å². The lowest BCUT2D eigenvalue weighted by molar-refractivity contribution is 0.660. The van der Waals surface area contributed by atoms with Gasteiger partial charge in [-0.3, -0.25) is 0 Å². The number of hydrogen-bond acceptors (Lipinski definition) is 0. The van der Waals surface area contributed by atoms with Crippen LogP contribution in [0.15, 0.2) is 164 Å². The molecule has 2 aliphatic rings. The molecule has 0 radical (unpaired) electrons. The largest absolute Gasteiger partial charge is 0.309 e. The highest BCUT2D eigenvalue weighted by Crippen LogP contribution is 2.53. The van der Waals surface area contributed by atoms with Crippen molar-refractivity contribution in [1.82, 2.24) is 4.57 Å². The third-order valence-electron chi connectivity index (χ3n) is 13.4. The fraction of sp³-hybridized carbons (Fsp3) is 0.111. The van der Waals surface area contributed by atoms with Gasteiger partial charge < -0.3 is 4.57 Å². The quantitative estimate of drug-likeness (QED) is 0.162. The third-order valence-corrected chi connectivity index (χ3v) is 13.4. The molecule has 0 unspecified atom stereocenters. The topological polar surface area (TPSA) is 4.93 Å². The predicted octanol–water partition coefficient (Wildman–Crippen LogP) is 14.5. The predicted molar refractivity (Wildman–Crippen MR) is 234 cm³/mol. The van der Waals surface area contributed by atoms with Crippen molar-refractivity contribution in [1.29, 1.82) is 0 Å². The van der Waals surface area contributed by atoms with E-state index >= 15 is 0 Å². The number of benzene rings is 9. The average molecular weight is 702 g/mol. The van der Waals surface area contributed by atoms with Gasteiger partial charge in [-0.15, -0.1) is 0 Å². The number of rotatable bonds is 3. The maximum atomic E-state index is 2.46. The summed E-state index contributed by atoms with van der Waals surface area (Å²) in [5.74, 6) is 0. The van der Waals surface area contributed by atoms with Crippen LogP contribution in [0.3, 0.4) is 0 Å². The van der Waals surface area contributed by atoms with Gasteiger partial charge in [-0.05, 0) is 136 Å². The van der Waals surface area contributed by atoms with E-state index < -0.39 is 0 Å². The average Bonchev–Trinajstić information content (AvgIpc) is 3.77. The Morgan fingerprint density at radius 1 is 0.327 bits per heavy atom. The zero-order chi connectivity index (χ0) is 36.8. The van der Waals surface area contributed by atoms with E-state index in [2.05, 4.69) is 196 Å². The number of fused-ring (bicyclic) bond motifs is 9. The molecule has 9 aromatic carbocycles. The van der Waals surface area contributed by atoms with E-state index in [1.54, 1.807) is 0 Å². The molecule has 0 bridgehead atoms. The van der Waals surface area contributed by atoms with Crippen molar-refractivity contribution in [2.45, 2.75) is 38.5 Å². The standard InChI is InChI=1S/C54H39N/c1-53(2)45-25-21-33(32-20-24-37-39-15-10-17-47-51(39)52-40(41(37)28-32)16-11-18-48(52)54(47,3)4)29-42(45)43-30-34(22-26-46(43)53)35-23-27-50-44(31-35)38-14-8-9-19-49(38)55(50)36-12-6-5-7-13-36/h5-31H,1-4H3. The van der Waals surface area contributed by atoms with E-state index in [9.17, 15) is 0 Å². The van der Waals surface area contributed by atoms with Crippen LogP contribution in [0.25, 0.3) is 93.2 Å². The highest BCUT2D eigenvalue weighted by molar-refractivity contribution is 6.29. The SMILES string of the molecule is CC1(C)c2ccc(-c3ccc4c(c3)c3cccc5c3c3c(cccc43)C5(C)C)cc2-c2cc(-c3ccc4c(c3)c3ccccc3n4-c3ccccc3)ccc21. The molecule has 12 rings (SSSR count). The first-order chi connectivity index (χ1) is 26.8. The lowest BCUT2D eigenvalue weighted by Gasteiger charge is -2.21. The summed E-state index contributed by atoms with van der Waals surface area (Å²) >= 11 is 0. The van der Waals surface area contributed by atoms with Crippen molar-refractivity contribution >= 4 is 54.1 Å². The van der Waals surface area contributed by atoms with Crippen molar-refractivity contribution in [3.8, 4) is 39.1 Å². The smallest absolute Gasteiger partial charge is 0.0541 e. The molecule has 1 aromatic heterocycles. The highest BCUT2D eigenvalue weighted by Gasteiger charge is 2.37. The minimum atomic E-state index is -0.0799. The fourth-order valence-electron chi connectivity index (χ4n) is 10.6. The molecule has 0 aliphatic heterocycles. The minimum Gasteiger partial charge on any atom is -0.309 e. The summed E-state index contributed by atoms with van der Waals surface area (Å²) in [7, 11) is 0. The van der Waals surface area contributed by atoms with E-state index in [1.807, 2.05) is 0 Å². The molecule has 0 atom stereocenters. The molecule has 1 nitrogen and oxygen atoms in total. The molecule has 0 amide bonds. The second-order valence-corrected chi connectivity index (χ2v) is 16.9. The van der Waals surface area contributed by atoms with Crippen molar-refractivity contribution in [2.75, 3.05) is 0 Å². The van der Waals surface area contributed by atoms with Crippen LogP contribution >= 0.6 is 0 Å². The lowest BCUT2D eigenvalue weighted by Crippen LogP contribution is -2.14. The van der Waals surface area contributed by atoms with Crippen LogP contribution in [0.5, 0.6) is 0 Å². The second-order valence-electron chi connectivity index (χ2n) is 16.9. The number of aromatic nitrogens is 1. The molecule has 0 N–H and O–H groups in total. The summed E-state index contributed by atoms with van der Waals surface area (Å²) in [6.07, 6.45) is 0. The van der Waals surface area contributed by atoms with Gasteiger partial charge in [0.05, 0.1) is 11.0 Å². The Bertz CT molecular complexity index is 3300. The molecule has 10 aromatic rings. The van der Waals surface area contributed by atoms with Crippen LogP contribution < -0.4 is 0 Å². The molecule has 2 aliphatic carbocycles. The Labute approximate surface area is 321 Å². The summed E-state index contributed by atoms with van der Waals surface area (Å²) in [6.45, 7) is 9.52. The Morgan fingerprint density at radius 3 is 1.49 bits per heavy atom. The van der Waals surface area contributed by atoms with Gasteiger partial charge in [-0.1, -0.05) is 143 Å². The Balaban J connectivity index is 1.01. The number of para-hydroxylation sites is 2. The van der Waals surface area contributed by atoms with Gasteiger partial charge in [0, 0.05) is 27.3 Å². The Morgan fingerprint density at radius 2 is 0.818 bits per heavy atom. The number of nitrogens with zero attached hydrogens (tertiary/aromatic N) is 1. The molecule has 0 saturated heterocycles. The summed E-state index contributed by atoms with van der Waals surface area (Å²) in [5, 5.41) is 10.8. The van der Waals surface area contributed by atoms with Crippen molar-refractivity contribution in [2.24, 2.45) is 0 Å². The first-order valence-corrected chi connectivity index (χ1v) is 19.6. The molecular weight excluding hydrogens is 663 g/mol. The molecule has 260 valence electrons. The highest BCUT2D eigenvalue weighted by atomic mass is 15.0. The van der Waals surface area contributed by atoms with Crippen molar-refractivity contribution in [3.05, 3.63) is 186 Å². The molecule has 1 heteroatoms. The van der Waals surface area contributed by atoms with Gasteiger partial charge in [0.15, 0.2) is 0 Å². The summed E-state index contributed by atoms with van der Waals surface area (Å²) < 4.78 is 2.39. The van der Waals surface area contributed by atoms with Crippen LogP contribution in [0.1, 0.15) is 49.9 Å². The van der Waals surface area contributed by atoms with E-state index in [4.69, 9.17) is 0 Å². The zero-order valence-electron chi connectivity index (χ0n) is 31.5. The van der Waals surface area contributed by atoms with Crippen LogP contribution in [-0.2, 0) is 10.8 Å². The van der Waals surface area contributed by atoms with Gasteiger partial charge in [-0.2, -0.15) is 0 Å². The summed E-state index contributed by atoms with van der Waals surface area (Å²) in [5.41, 5.74) is 16.9. The maximum Gasteiger partial charge on any atom is 0.0541 e. The Hall–Kier alpha value is -6.44. The lowest BCUT2D eigenvalue weighted by atomic mass is 9.82. The maximum absolute atomic E-state index is 2.46. The first-order valence-electron chi connectivity index (χ1n) is 19.6. The van der Waals surface area contributed by atoms with Crippen LogP contribution in [0.2, 0.25) is 0 Å². The summed E-state index contributed by atoms with van der Waals surface area (Å²) in [4.78, 5) is 0. The molecule has 1 heterocycles. The molecular formula is C54H39N. The molecule has 55 heavy (non-hydrogen) atoms. The van der Waals surface area contributed by atoms with Crippen LogP contribution in [-0.4, -0.2) is 4.57 Å². The Kier molecular flexibility index (Phi) is 5.98. The number of hydrogen-bond donors (Lipinski definition) is 0. The van der Waals surface area contributed by atoms with Gasteiger partial charge in [0.25, 0.3) is 0 Å². The van der Waals surface area contributed by atoms with Crippen LogP contribution in [0.4, 0.5) is 0 Å². The van der Waals surface area contributed by atoms with E-state index in [-0.39, 0.29) is 10.8 Å². The van der Waals surface area contributed by atoms with E-state index in [0.29, 0.717) is 0 Å². The van der Waals surface area contributed by atoms with Crippen LogP contribution in [0, 0.1) is 0 Å². The summed E-state index contributed by atoms with van der Waals surface area (Å²) in [6, 6.07) is 61.8. The van der Waals surface area contributed by atoms with Crippen molar-refractivity contribution < 1.29 is 0 Å². The van der Waals surface area contributed by atoms with Gasteiger partial charge in [0.2, 0.25) is 0 Å². The minimum absolute atomic E-state index is 0.00656. The fourth-order valence-corrected chi connectivity index (χ4v) is 10.6. The molecule has 0 saturated carbocycles.